The Kier molecular flexibility index (Phi) is 5.74. The fraction of sp³-hybridized carbons (Fsp3) is 0.143. The van der Waals surface area contributed by atoms with Crippen LogP contribution in [0.4, 0.5) is 0 Å². The smallest absolute Gasteiger partial charge is 0.259 e. The Morgan fingerprint density at radius 3 is 2.67 bits per heavy atom. The molecule has 0 aliphatic heterocycles. The molecule has 1 aromatic heterocycles. The number of hydrogen-bond acceptors (Lipinski definition) is 3. The predicted octanol–water partition coefficient (Wildman–Crippen LogP) is 3.46. The summed E-state index contributed by atoms with van der Waals surface area (Å²) in [7, 11) is 1.65. The number of aliphatic hydroxyl groups is 1. The first kappa shape index (κ1) is 18.9. The largest absolute Gasteiger partial charge is 0.392 e. The molecule has 0 unspecified atom stereocenters. The number of hydrogen-bond donors (Lipinski definition) is 2. The molecule has 5 nitrogen and oxygen atoms in total. The minimum Gasteiger partial charge on any atom is -0.392 e. The quantitative estimate of drug-likeness (QED) is 0.709. The number of carbonyl (C=O) groups is 1. The summed E-state index contributed by atoms with van der Waals surface area (Å²) in [6, 6.07) is 12.5. The van der Waals surface area contributed by atoms with Crippen LogP contribution in [0.5, 0.6) is 0 Å². The molecule has 6 heteroatoms. The molecule has 0 aliphatic carbocycles. The zero-order valence-corrected chi connectivity index (χ0v) is 15.5. The number of aliphatic hydroxyl groups excluding tert-OH is 1. The molecule has 0 aliphatic rings. The SMILES string of the molecule is CN(Cc1ccc(Cl)cc1)C(=O)c1c[nH]c2ccc(/C=C/CO)cc2c1=O. The van der Waals surface area contributed by atoms with E-state index in [1.807, 2.05) is 18.2 Å². The highest BCUT2D eigenvalue weighted by Crippen LogP contribution is 2.15. The Labute approximate surface area is 161 Å². The number of H-pyrrole nitrogens is 1. The minimum atomic E-state index is -0.357. The molecule has 3 rings (SSSR count). The lowest BCUT2D eigenvalue weighted by molar-refractivity contribution is 0.0783. The van der Waals surface area contributed by atoms with Crippen molar-refractivity contribution < 1.29 is 9.90 Å². The third-order valence-electron chi connectivity index (χ3n) is 4.23. The van der Waals surface area contributed by atoms with Crippen molar-refractivity contribution in [2.24, 2.45) is 0 Å². The van der Waals surface area contributed by atoms with Crippen molar-refractivity contribution in [2.45, 2.75) is 6.54 Å². The van der Waals surface area contributed by atoms with E-state index in [2.05, 4.69) is 4.98 Å². The lowest BCUT2D eigenvalue weighted by atomic mass is 10.1. The van der Waals surface area contributed by atoms with Gasteiger partial charge in [-0.15, -0.1) is 0 Å². The van der Waals surface area contributed by atoms with Crippen LogP contribution in [0.2, 0.25) is 5.02 Å². The molecule has 0 saturated heterocycles. The van der Waals surface area contributed by atoms with E-state index in [-0.39, 0.29) is 23.5 Å². The highest BCUT2D eigenvalue weighted by atomic mass is 35.5. The van der Waals surface area contributed by atoms with Gasteiger partial charge < -0.3 is 15.0 Å². The number of pyridine rings is 1. The van der Waals surface area contributed by atoms with Crippen LogP contribution >= 0.6 is 11.6 Å². The maximum Gasteiger partial charge on any atom is 0.259 e. The summed E-state index contributed by atoms with van der Waals surface area (Å²) in [5.74, 6) is -0.357. The van der Waals surface area contributed by atoms with Gasteiger partial charge in [-0.1, -0.05) is 42.0 Å². The number of aromatic amines is 1. The summed E-state index contributed by atoms with van der Waals surface area (Å²) in [5.41, 5.74) is 2.11. The van der Waals surface area contributed by atoms with Gasteiger partial charge in [0, 0.05) is 35.7 Å². The van der Waals surface area contributed by atoms with Gasteiger partial charge in [-0.05, 0) is 35.4 Å². The lowest BCUT2D eigenvalue weighted by Crippen LogP contribution is -2.30. The summed E-state index contributed by atoms with van der Waals surface area (Å²) in [6.07, 6.45) is 4.76. The Bertz CT molecular complexity index is 1060. The van der Waals surface area contributed by atoms with Crippen molar-refractivity contribution in [1.82, 2.24) is 9.88 Å². The Morgan fingerprint density at radius 1 is 1.22 bits per heavy atom. The number of fused-ring (bicyclic) bond motifs is 1. The maximum atomic E-state index is 12.8. The first-order chi connectivity index (χ1) is 13.0. The van der Waals surface area contributed by atoms with Crippen molar-refractivity contribution in [3.63, 3.8) is 0 Å². The molecule has 0 fully saturated rings. The van der Waals surface area contributed by atoms with E-state index in [1.54, 1.807) is 43.5 Å². The van der Waals surface area contributed by atoms with Crippen molar-refractivity contribution in [3.8, 4) is 0 Å². The zero-order chi connectivity index (χ0) is 19.4. The van der Waals surface area contributed by atoms with E-state index in [4.69, 9.17) is 16.7 Å². The molecule has 2 aromatic carbocycles. The average molecular weight is 383 g/mol. The van der Waals surface area contributed by atoms with Crippen LogP contribution in [-0.2, 0) is 6.54 Å². The second kappa shape index (κ2) is 8.20. The third kappa shape index (κ3) is 4.27. The number of nitrogens with one attached hydrogen (secondary N) is 1. The second-order valence-electron chi connectivity index (χ2n) is 6.21. The third-order valence-corrected chi connectivity index (χ3v) is 4.48. The summed E-state index contributed by atoms with van der Waals surface area (Å²) >= 11 is 5.88. The molecule has 0 bridgehead atoms. The Hall–Kier alpha value is -2.89. The minimum absolute atomic E-state index is 0.0809. The van der Waals surface area contributed by atoms with Crippen LogP contribution in [0.15, 0.2) is 59.5 Å². The first-order valence-electron chi connectivity index (χ1n) is 8.42. The molecule has 27 heavy (non-hydrogen) atoms. The molecule has 0 spiro atoms. The lowest BCUT2D eigenvalue weighted by Gasteiger charge is -2.17. The number of amides is 1. The number of aromatic nitrogens is 1. The molecule has 138 valence electrons. The van der Waals surface area contributed by atoms with Gasteiger partial charge in [-0.3, -0.25) is 9.59 Å². The predicted molar refractivity (Wildman–Crippen MR) is 108 cm³/mol. The molecule has 0 radical (unpaired) electrons. The summed E-state index contributed by atoms with van der Waals surface area (Å²) < 4.78 is 0. The molecular formula is C21H19ClN2O3. The van der Waals surface area contributed by atoms with E-state index in [9.17, 15) is 9.59 Å². The first-order valence-corrected chi connectivity index (χ1v) is 8.80. The number of nitrogens with zero attached hydrogens (tertiary/aromatic N) is 1. The van der Waals surface area contributed by atoms with Crippen molar-refractivity contribution >= 4 is 34.5 Å². The normalized spacial score (nSPS) is 11.2. The topological polar surface area (TPSA) is 73.4 Å². The van der Waals surface area contributed by atoms with Crippen LogP contribution in [-0.4, -0.2) is 34.6 Å². The second-order valence-corrected chi connectivity index (χ2v) is 6.65. The standard InChI is InChI=1S/C21H19ClN2O3/c1-24(13-15-4-7-16(22)8-5-15)21(27)18-12-23-19-9-6-14(3-2-10-25)11-17(19)20(18)26/h2-9,11-12,25H,10,13H2,1H3,(H,23,26)/b3-2+. The Morgan fingerprint density at radius 2 is 1.96 bits per heavy atom. The van der Waals surface area contributed by atoms with Gasteiger partial charge in [0.05, 0.1) is 6.61 Å². The van der Waals surface area contributed by atoms with E-state index in [0.29, 0.717) is 22.5 Å². The highest BCUT2D eigenvalue weighted by Gasteiger charge is 2.17. The average Bonchev–Trinajstić information content (AvgIpc) is 2.68. The van der Waals surface area contributed by atoms with Crippen molar-refractivity contribution in [2.75, 3.05) is 13.7 Å². The van der Waals surface area contributed by atoms with Crippen LogP contribution < -0.4 is 5.43 Å². The number of benzene rings is 2. The van der Waals surface area contributed by atoms with Gasteiger partial charge in [-0.2, -0.15) is 0 Å². The van der Waals surface area contributed by atoms with E-state index in [0.717, 1.165) is 11.1 Å². The number of halogens is 1. The molecule has 2 N–H and O–H groups in total. The number of carbonyl (C=O) groups excluding carboxylic acids is 1. The summed E-state index contributed by atoms with van der Waals surface area (Å²) in [5, 5.41) is 9.96. The Balaban J connectivity index is 1.91. The molecule has 0 atom stereocenters. The van der Waals surface area contributed by atoms with Crippen LogP contribution in [0.1, 0.15) is 21.5 Å². The fourth-order valence-electron chi connectivity index (χ4n) is 2.83. The van der Waals surface area contributed by atoms with Crippen LogP contribution in [0, 0.1) is 0 Å². The monoisotopic (exact) mass is 382 g/mol. The summed E-state index contributed by atoms with van der Waals surface area (Å²) in [6.45, 7) is 0.287. The van der Waals surface area contributed by atoms with Gasteiger partial charge >= 0.3 is 0 Å². The van der Waals surface area contributed by atoms with Gasteiger partial charge in [0.1, 0.15) is 5.56 Å². The molecule has 3 aromatic rings. The van der Waals surface area contributed by atoms with Crippen molar-refractivity contribution in [3.05, 3.63) is 86.7 Å². The van der Waals surface area contributed by atoms with Gasteiger partial charge in [0.2, 0.25) is 5.43 Å². The fourth-order valence-corrected chi connectivity index (χ4v) is 2.95. The van der Waals surface area contributed by atoms with Gasteiger partial charge in [-0.25, -0.2) is 0 Å². The summed E-state index contributed by atoms with van der Waals surface area (Å²) in [4.78, 5) is 30.1. The van der Waals surface area contributed by atoms with Crippen LogP contribution in [0.25, 0.3) is 17.0 Å². The van der Waals surface area contributed by atoms with Crippen LogP contribution in [0.3, 0.4) is 0 Å². The van der Waals surface area contributed by atoms with Gasteiger partial charge in [0.25, 0.3) is 5.91 Å². The maximum absolute atomic E-state index is 12.8. The highest BCUT2D eigenvalue weighted by molar-refractivity contribution is 6.30. The zero-order valence-electron chi connectivity index (χ0n) is 14.8. The number of rotatable bonds is 5. The molecule has 1 amide bonds. The van der Waals surface area contributed by atoms with E-state index >= 15 is 0 Å². The van der Waals surface area contributed by atoms with E-state index < -0.39 is 0 Å². The van der Waals surface area contributed by atoms with E-state index in [1.165, 1.54) is 11.1 Å². The molecular weight excluding hydrogens is 364 g/mol. The molecule has 0 saturated carbocycles. The van der Waals surface area contributed by atoms with Crippen molar-refractivity contribution in [1.29, 1.82) is 0 Å². The van der Waals surface area contributed by atoms with Gasteiger partial charge in [0.15, 0.2) is 0 Å². The molecule has 1 heterocycles.